The Morgan fingerprint density at radius 3 is 2.76 bits per heavy atom. The lowest BCUT2D eigenvalue weighted by Crippen LogP contribution is -2.37. The highest BCUT2D eigenvalue weighted by Crippen LogP contribution is 2.28. The zero-order valence-corrected chi connectivity index (χ0v) is 12.6. The molecule has 0 aromatic heterocycles. The normalized spacial score (nSPS) is 14.0. The third kappa shape index (κ3) is 4.71. The zero-order valence-electron chi connectivity index (χ0n) is 10.2. The van der Waals surface area contributed by atoms with Gasteiger partial charge < -0.3 is 5.32 Å². The molecule has 0 radical (unpaired) electrons. The van der Waals surface area contributed by atoms with Gasteiger partial charge in [-0.1, -0.05) is 12.1 Å². The molecule has 0 aliphatic carbocycles. The van der Waals surface area contributed by atoms with Crippen molar-refractivity contribution in [2.45, 2.75) is 30.2 Å². The SMILES string of the molecule is CNC(C)(C#N)CCCSc1ccccc1Br. The maximum Gasteiger partial charge on any atom is 0.103 e. The van der Waals surface area contributed by atoms with Crippen molar-refractivity contribution < 1.29 is 0 Å². The van der Waals surface area contributed by atoms with Crippen LogP contribution in [0.1, 0.15) is 19.8 Å². The van der Waals surface area contributed by atoms with E-state index in [0.717, 1.165) is 23.1 Å². The van der Waals surface area contributed by atoms with Gasteiger partial charge in [0.2, 0.25) is 0 Å². The average Bonchev–Trinajstić information content (AvgIpc) is 2.36. The molecule has 0 amide bonds. The maximum absolute atomic E-state index is 9.02. The van der Waals surface area contributed by atoms with Gasteiger partial charge >= 0.3 is 0 Å². The van der Waals surface area contributed by atoms with Crippen LogP contribution in [0.2, 0.25) is 0 Å². The van der Waals surface area contributed by atoms with Gasteiger partial charge in [-0.2, -0.15) is 5.26 Å². The Balaban J connectivity index is 2.35. The lowest BCUT2D eigenvalue weighted by Gasteiger charge is -2.20. The van der Waals surface area contributed by atoms with E-state index < -0.39 is 5.54 Å². The van der Waals surface area contributed by atoms with E-state index >= 15 is 0 Å². The first-order valence-electron chi connectivity index (χ1n) is 5.59. The van der Waals surface area contributed by atoms with Crippen molar-refractivity contribution >= 4 is 27.7 Å². The largest absolute Gasteiger partial charge is 0.303 e. The van der Waals surface area contributed by atoms with E-state index in [-0.39, 0.29) is 0 Å². The number of hydrogen-bond acceptors (Lipinski definition) is 3. The molecule has 2 nitrogen and oxygen atoms in total. The van der Waals surface area contributed by atoms with Gasteiger partial charge in [0.15, 0.2) is 0 Å². The smallest absolute Gasteiger partial charge is 0.103 e. The molecule has 0 saturated carbocycles. The van der Waals surface area contributed by atoms with Crippen LogP contribution >= 0.6 is 27.7 Å². The number of rotatable bonds is 6. The fraction of sp³-hybridized carbons (Fsp3) is 0.462. The van der Waals surface area contributed by atoms with Crippen molar-refractivity contribution in [2.24, 2.45) is 0 Å². The predicted octanol–water partition coefficient (Wildman–Crippen LogP) is 3.82. The van der Waals surface area contributed by atoms with Gasteiger partial charge in [0.1, 0.15) is 5.54 Å². The van der Waals surface area contributed by atoms with Crippen molar-refractivity contribution in [3.05, 3.63) is 28.7 Å². The summed E-state index contributed by atoms with van der Waals surface area (Å²) in [6, 6.07) is 10.5. The Kier molecular flexibility index (Phi) is 6.04. The molecule has 1 aromatic rings. The molecule has 0 bridgehead atoms. The number of halogens is 1. The van der Waals surface area contributed by atoms with Crippen LogP contribution in [0, 0.1) is 11.3 Å². The predicted molar refractivity (Wildman–Crippen MR) is 77.2 cm³/mol. The minimum absolute atomic E-state index is 0.394. The highest BCUT2D eigenvalue weighted by molar-refractivity contribution is 9.10. The third-order valence-corrected chi connectivity index (χ3v) is 4.83. The van der Waals surface area contributed by atoms with E-state index in [2.05, 4.69) is 39.4 Å². The molecule has 1 unspecified atom stereocenters. The van der Waals surface area contributed by atoms with E-state index in [4.69, 9.17) is 5.26 Å². The van der Waals surface area contributed by atoms with Crippen LogP contribution in [0.25, 0.3) is 0 Å². The Morgan fingerprint density at radius 1 is 1.47 bits per heavy atom. The number of nitriles is 1. The summed E-state index contributed by atoms with van der Waals surface area (Å²) in [5, 5.41) is 12.1. The number of benzene rings is 1. The standard InChI is InChI=1S/C13H17BrN2S/c1-13(10-15,16-2)8-5-9-17-12-7-4-3-6-11(12)14/h3-4,6-7,16H,5,8-9H2,1-2H3. The third-order valence-electron chi connectivity index (χ3n) is 2.71. The van der Waals surface area contributed by atoms with E-state index in [1.807, 2.05) is 37.9 Å². The first kappa shape index (κ1) is 14.6. The van der Waals surface area contributed by atoms with Crippen LogP contribution in [0.15, 0.2) is 33.6 Å². The number of nitrogens with zero attached hydrogens (tertiary/aromatic N) is 1. The topological polar surface area (TPSA) is 35.8 Å². The molecular weight excluding hydrogens is 296 g/mol. The van der Waals surface area contributed by atoms with Crippen molar-refractivity contribution in [1.82, 2.24) is 5.32 Å². The quantitative estimate of drug-likeness (QED) is 0.640. The Hall–Kier alpha value is -0.500. The molecule has 1 rings (SSSR count). The molecule has 1 aromatic carbocycles. The fourth-order valence-corrected chi connectivity index (χ4v) is 2.92. The van der Waals surface area contributed by atoms with Crippen LogP contribution in [0.3, 0.4) is 0 Å². The summed E-state index contributed by atoms with van der Waals surface area (Å²) in [4.78, 5) is 1.26. The van der Waals surface area contributed by atoms with Gasteiger partial charge in [-0.15, -0.1) is 11.8 Å². The van der Waals surface area contributed by atoms with E-state index in [0.29, 0.717) is 0 Å². The van der Waals surface area contributed by atoms with Crippen LogP contribution in [0.4, 0.5) is 0 Å². The van der Waals surface area contributed by atoms with Crippen LogP contribution in [-0.4, -0.2) is 18.3 Å². The zero-order chi connectivity index (χ0) is 12.7. The highest BCUT2D eigenvalue weighted by Gasteiger charge is 2.19. The van der Waals surface area contributed by atoms with E-state index in [1.54, 1.807) is 0 Å². The van der Waals surface area contributed by atoms with E-state index in [9.17, 15) is 0 Å². The molecule has 1 N–H and O–H groups in total. The summed E-state index contributed by atoms with van der Waals surface area (Å²) < 4.78 is 1.14. The number of hydrogen-bond donors (Lipinski definition) is 1. The first-order valence-corrected chi connectivity index (χ1v) is 7.36. The molecule has 17 heavy (non-hydrogen) atoms. The maximum atomic E-state index is 9.02. The van der Waals surface area contributed by atoms with Crippen molar-refractivity contribution in [2.75, 3.05) is 12.8 Å². The van der Waals surface area contributed by atoms with Gasteiger partial charge in [0, 0.05) is 9.37 Å². The Morgan fingerprint density at radius 2 is 2.18 bits per heavy atom. The van der Waals surface area contributed by atoms with Gasteiger partial charge in [-0.05, 0) is 60.6 Å². The summed E-state index contributed by atoms with van der Waals surface area (Å²) in [5.41, 5.74) is -0.394. The molecule has 0 aliphatic heterocycles. The lowest BCUT2D eigenvalue weighted by atomic mass is 9.99. The average molecular weight is 313 g/mol. The second-order valence-electron chi connectivity index (χ2n) is 4.08. The van der Waals surface area contributed by atoms with Gasteiger partial charge in [-0.3, -0.25) is 0 Å². The van der Waals surface area contributed by atoms with Crippen molar-refractivity contribution in [3.63, 3.8) is 0 Å². The van der Waals surface area contributed by atoms with Gasteiger partial charge in [0.05, 0.1) is 6.07 Å². The molecule has 0 spiro atoms. The summed E-state index contributed by atoms with van der Waals surface area (Å²) in [5.74, 6) is 1.03. The molecule has 0 heterocycles. The first-order chi connectivity index (χ1) is 8.11. The van der Waals surface area contributed by atoms with Gasteiger partial charge in [-0.25, -0.2) is 0 Å². The summed E-state index contributed by atoms with van der Waals surface area (Å²) in [6.07, 6.45) is 1.90. The van der Waals surface area contributed by atoms with Crippen LogP contribution in [0.5, 0.6) is 0 Å². The minimum Gasteiger partial charge on any atom is -0.303 e. The Labute approximate surface area is 116 Å². The monoisotopic (exact) mass is 312 g/mol. The number of nitrogens with one attached hydrogen (secondary N) is 1. The van der Waals surface area contributed by atoms with Crippen molar-refractivity contribution in [1.29, 1.82) is 5.26 Å². The number of thioether (sulfide) groups is 1. The summed E-state index contributed by atoms with van der Waals surface area (Å²) >= 11 is 5.35. The molecule has 0 fully saturated rings. The summed E-state index contributed by atoms with van der Waals surface area (Å²) in [7, 11) is 1.84. The highest BCUT2D eigenvalue weighted by atomic mass is 79.9. The van der Waals surface area contributed by atoms with Crippen molar-refractivity contribution in [3.8, 4) is 6.07 Å². The fourth-order valence-electron chi connectivity index (χ4n) is 1.41. The van der Waals surface area contributed by atoms with Crippen LogP contribution in [-0.2, 0) is 0 Å². The molecule has 0 saturated heterocycles. The molecular formula is C13H17BrN2S. The van der Waals surface area contributed by atoms with Crippen LogP contribution < -0.4 is 5.32 Å². The molecule has 1 atom stereocenters. The molecule has 0 aliphatic rings. The van der Waals surface area contributed by atoms with Gasteiger partial charge in [0.25, 0.3) is 0 Å². The van der Waals surface area contributed by atoms with E-state index in [1.165, 1.54) is 4.90 Å². The molecule has 92 valence electrons. The second-order valence-corrected chi connectivity index (χ2v) is 6.07. The lowest BCUT2D eigenvalue weighted by molar-refractivity contribution is 0.451. The second kappa shape index (κ2) is 7.05. The summed E-state index contributed by atoms with van der Waals surface area (Å²) in [6.45, 7) is 1.94. The Bertz CT molecular complexity index is 403. The molecule has 4 heteroatoms. The minimum atomic E-state index is -0.394.